The molecule has 0 bridgehead atoms. The molecule has 37 heavy (non-hydrogen) atoms. The zero-order valence-corrected chi connectivity index (χ0v) is 21.9. The van der Waals surface area contributed by atoms with Gasteiger partial charge in [-0.15, -0.1) is 0 Å². The molecule has 3 aliphatic rings. The minimum atomic E-state index is -3.44. The average Bonchev–Trinajstić information content (AvgIpc) is 3.41. The van der Waals surface area contributed by atoms with E-state index in [-0.39, 0.29) is 35.1 Å². The van der Waals surface area contributed by atoms with E-state index in [9.17, 15) is 18.0 Å². The van der Waals surface area contributed by atoms with Crippen LogP contribution >= 0.6 is 0 Å². The van der Waals surface area contributed by atoms with E-state index in [1.54, 1.807) is 42.5 Å². The van der Waals surface area contributed by atoms with Crippen LogP contribution in [0.25, 0.3) is 0 Å². The fourth-order valence-electron chi connectivity index (χ4n) is 5.64. The third-order valence-corrected chi connectivity index (χ3v) is 10.4. The first kappa shape index (κ1) is 25.7. The van der Waals surface area contributed by atoms with Crippen LogP contribution in [0, 0.1) is 5.41 Å². The Morgan fingerprint density at radius 3 is 2.38 bits per heavy atom. The second-order valence-corrected chi connectivity index (χ2v) is 12.9. The van der Waals surface area contributed by atoms with E-state index < -0.39 is 9.84 Å². The van der Waals surface area contributed by atoms with Gasteiger partial charge in [0.15, 0.2) is 9.84 Å². The van der Waals surface area contributed by atoms with Gasteiger partial charge in [0, 0.05) is 30.9 Å². The summed E-state index contributed by atoms with van der Waals surface area (Å²) >= 11 is 0. The number of nitrogens with one attached hydrogen (secondary N) is 2. The molecule has 2 aromatic carbocycles. The molecule has 198 valence electrons. The van der Waals surface area contributed by atoms with Gasteiger partial charge in [0.2, 0.25) is 0 Å². The number of aliphatic hydroxyl groups excluding tert-OH is 1. The van der Waals surface area contributed by atoms with Crippen molar-refractivity contribution in [3.63, 3.8) is 0 Å². The molecule has 3 N–H and O–H groups in total. The van der Waals surface area contributed by atoms with Crippen molar-refractivity contribution in [1.29, 1.82) is 0 Å². The third kappa shape index (κ3) is 5.52. The summed E-state index contributed by atoms with van der Waals surface area (Å²) in [5.74, 6) is -0.651. The van der Waals surface area contributed by atoms with Crippen molar-refractivity contribution in [2.45, 2.75) is 61.5 Å². The Morgan fingerprint density at radius 1 is 0.973 bits per heavy atom. The van der Waals surface area contributed by atoms with Crippen molar-refractivity contribution in [1.82, 2.24) is 5.32 Å². The lowest BCUT2D eigenvalue weighted by molar-refractivity contribution is 0.0943. The summed E-state index contributed by atoms with van der Waals surface area (Å²) in [6.45, 7) is 1.64. The molecule has 0 unspecified atom stereocenters. The van der Waals surface area contributed by atoms with Crippen LogP contribution in [0.2, 0.25) is 0 Å². The molecule has 2 aromatic rings. The number of sulfone groups is 1. The number of benzene rings is 2. The lowest BCUT2D eigenvalue weighted by Crippen LogP contribution is -2.36. The Morgan fingerprint density at radius 2 is 1.70 bits per heavy atom. The summed E-state index contributed by atoms with van der Waals surface area (Å²) in [5, 5.41) is 14.2. The number of nitrogens with zero attached hydrogens (tertiary/aromatic N) is 1. The molecule has 0 atom stereocenters. The number of anilines is 2. The summed E-state index contributed by atoms with van der Waals surface area (Å²) in [5.41, 5.74) is 2.45. The topological polar surface area (TPSA) is 116 Å². The Balaban J connectivity index is 1.39. The van der Waals surface area contributed by atoms with E-state index in [1.807, 2.05) is 0 Å². The predicted molar refractivity (Wildman–Crippen MR) is 143 cm³/mol. The lowest BCUT2D eigenvalue weighted by atomic mass is 9.92. The zero-order chi connectivity index (χ0) is 26.0. The number of hydrogen-bond donors (Lipinski definition) is 3. The maximum absolute atomic E-state index is 13.5. The molecule has 9 heteroatoms. The van der Waals surface area contributed by atoms with Crippen LogP contribution in [0.4, 0.5) is 11.4 Å². The van der Waals surface area contributed by atoms with Crippen LogP contribution in [0.1, 0.15) is 72.1 Å². The number of aliphatic hydroxyl groups is 1. The van der Waals surface area contributed by atoms with Crippen molar-refractivity contribution >= 4 is 33.0 Å². The lowest BCUT2D eigenvalue weighted by Gasteiger charge is -2.35. The van der Waals surface area contributed by atoms with Gasteiger partial charge < -0.3 is 20.6 Å². The fraction of sp³-hybridized carbons (Fsp3) is 0.500. The van der Waals surface area contributed by atoms with E-state index >= 15 is 0 Å². The summed E-state index contributed by atoms with van der Waals surface area (Å²) in [4.78, 5) is 28.4. The molecular weight excluding hydrogens is 490 g/mol. The zero-order valence-electron chi connectivity index (χ0n) is 21.0. The van der Waals surface area contributed by atoms with E-state index in [0.717, 1.165) is 38.8 Å². The molecule has 8 nitrogen and oxygen atoms in total. The van der Waals surface area contributed by atoms with Gasteiger partial charge in [-0.2, -0.15) is 0 Å². The molecule has 3 fully saturated rings. The van der Waals surface area contributed by atoms with Crippen LogP contribution in [-0.4, -0.2) is 56.8 Å². The number of amides is 2. The first-order valence-corrected chi connectivity index (χ1v) is 14.8. The number of rotatable bonds is 8. The maximum Gasteiger partial charge on any atom is 0.257 e. The molecule has 2 amide bonds. The van der Waals surface area contributed by atoms with E-state index in [0.29, 0.717) is 40.8 Å². The number of carbonyl (C=O) groups is 2. The molecule has 0 aromatic heterocycles. The molecule has 1 spiro atoms. The molecule has 2 aliphatic carbocycles. The Bertz CT molecular complexity index is 1270. The third-order valence-electron chi connectivity index (χ3n) is 8.19. The van der Waals surface area contributed by atoms with Crippen LogP contribution in [0.3, 0.4) is 0 Å². The second-order valence-electron chi connectivity index (χ2n) is 10.6. The Hall–Kier alpha value is -2.91. The Labute approximate surface area is 218 Å². The van der Waals surface area contributed by atoms with E-state index in [2.05, 4.69) is 15.5 Å². The maximum atomic E-state index is 13.5. The number of piperidine rings is 1. The first-order chi connectivity index (χ1) is 17.8. The minimum absolute atomic E-state index is 0.150. The van der Waals surface area contributed by atoms with Crippen molar-refractivity contribution < 1.29 is 23.1 Å². The Kier molecular flexibility index (Phi) is 7.27. The van der Waals surface area contributed by atoms with Gasteiger partial charge in [-0.1, -0.05) is 18.9 Å². The monoisotopic (exact) mass is 525 g/mol. The van der Waals surface area contributed by atoms with Crippen LogP contribution < -0.4 is 15.5 Å². The second kappa shape index (κ2) is 10.5. The normalized spacial score (nSPS) is 19.1. The minimum Gasteiger partial charge on any atom is -0.395 e. The molecule has 1 heterocycles. The highest BCUT2D eigenvalue weighted by Gasteiger charge is 2.44. The molecule has 5 rings (SSSR count). The van der Waals surface area contributed by atoms with Crippen LogP contribution in [0.5, 0.6) is 0 Å². The molecule has 0 radical (unpaired) electrons. The summed E-state index contributed by atoms with van der Waals surface area (Å²) < 4.78 is 26.1. The van der Waals surface area contributed by atoms with Gasteiger partial charge in [0.1, 0.15) is 0 Å². The number of carbonyl (C=O) groups excluding carboxylic acids is 2. The predicted octanol–water partition coefficient (Wildman–Crippen LogP) is 3.76. The van der Waals surface area contributed by atoms with Gasteiger partial charge in [-0.05, 0) is 80.3 Å². The largest absolute Gasteiger partial charge is 0.395 e. The fourth-order valence-corrected chi connectivity index (χ4v) is 7.54. The van der Waals surface area contributed by atoms with Gasteiger partial charge in [0.25, 0.3) is 11.8 Å². The van der Waals surface area contributed by atoms with Crippen molar-refractivity contribution in [2.24, 2.45) is 5.41 Å². The van der Waals surface area contributed by atoms with Crippen molar-refractivity contribution in [3.05, 3.63) is 53.6 Å². The highest BCUT2D eigenvalue weighted by atomic mass is 32.2. The van der Waals surface area contributed by atoms with Crippen molar-refractivity contribution in [2.75, 3.05) is 36.5 Å². The molecular formula is C28H35N3O5S. The quantitative estimate of drug-likeness (QED) is 0.483. The van der Waals surface area contributed by atoms with Gasteiger partial charge in [-0.25, -0.2) is 8.42 Å². The summed E-state index contributed by atoms with van der Waals surface area (Å²) in [6, 6.07) is 11.5. The van der Waals surface area contributed by atoms with Crippen LogP contribution in [0.15, 0.2) is 47.4 Å². The smallest absolute Gasteiger partial charge is 0.257 e. The summed E-state index contributed by atoms with van der Waals surface area (Å²) in [6.07, 6.45) is 7.86. The van der Waals surface area contributed by atoms with E-state index in [1.165, 1.54) is 12.8 Å². The average molecular weight is 526 g/mol. The first-order valence-electron chi connectivity index (χ1n) is 13.2. The standard InChI is InChI=1S/C28H35N3O5S/c32-17-14-29-26(33)20-8-9-24(25(18-20)31-15-12-28(10-11-28)13-16-31)27(34)30-21-4-3-7-23(19-21)37(35,36)22-5-1-2-6-22/h3-4,7-9,18-19,22,32H,1-2,5-6,10-17H2,(H,29,33)(H,30,34). The van der Waals surface area contributed by atoms with Gasteiger partial charge in [0.05, 0.1) is 28.0 Å². The van der Waals surface area contributed by atoms with Gasteiger partial charge >= 0.3 is 0 Å². The highest BCUT2D eigenvalue weighted by Crippen LogP contribution is 2.54. The van der Waals surface area contributed by atoms with Crippen LogP contribution in [-0.2, 0) is 9.84 Å². The van der Waals surface area contributed by atoms with E-state index in [4.69, 9.17) is 5.11 Å². The molecule has 2 saturated carbocycles. The number of hydrogen-bond acceptors (Lipinski definition) is 6. The SMILES string of the molecule is O=C(NCCO)c1ccc(C(=O)Nc2cccc(S(=O)(=O)C3CCCC3)c2)c(N2CCC3(CC2)CC3)c1. The van der Waals surface area contributed by atoms with Crippen molar-refractivity contribution in [3.8, 4) is 0 Å². The highest BCUT2D eigenvalue weighted by molar-refractivity contribution is 7.92. The molecule has 1 saturated heterocycles. The summed E-state index contributed by atoms with van der Waals surface area (Å²) in [7, 11) is -3.44. The molecule has 1 aliphatic heterocycles. The van der Waals surface area contributed by atoms with Gasteiger partial charge in [-0.3, -0.25) is 9.59 Å².